The highest BCUT2D eigenvalue weighted by Gasteiger charge is 2.19. The summed E-state index contributed by atoms with van der Waals surface area (Å²) in [5.74, 6) is -0.903. The average Bonchev–Trinajstić information content (AvgIpc) is 3.40. The fourth-order valence-electron chi connectivity index (χ4n) is 8.62. The Hall–Kier alpha value is -3.67. The SMILES string of the molecule is CC/C=C\C/C=C\C/C=C\C/C=C\C/C=C\CCCCCCCCCCCCCCCCCC(=O)OCC(COC(=O)CCCCCCC/C=C\CCC)OC(=O)CCCCCCC/C=C\C/C=C\CCCCC. The van der Waals surface area contributed by atoms with Gasteiger partial charge in [0.2, 0.25) is 0 Å². The molecule has 0 amide bonds. The summed E-state index contributed by atoms with van der Waals surface area (Å²) in [6.07, 6.45) is 82.8. The first-order valence-electron chi connectivity index (χ1n) is 31.2. The second kappa shape index (κ2) is 61.9. The quantitative estimate of drug-likeness (QED) is 0.0261. The van der Waals surface area contributed by atoms with Crippen LogP contribution in [0.2, 0.25) is 0 Å². The van der Waals surface area contributed by atoms with Crippen molar-refractivity contribution in [2.24, 2.45) is 0 Å². The third-order valence-electron chi connectivity index (χ3n) is 13.3. The minimum atomic E-state index is -0.787. The highest BCUT2D eigenvalue weighted by Crippen LogP contribution is 2.16. The maximum atomic E-state index is 12.8. The highest BCUT2D eigenvalue weighted by atomic mass is 16.6. The zero-order valence-electron chi connectivity index (χ0n) is 48.6. The van der Waals surface area contributed by atoms with E-state index in [1.807, 2.05) is 0 Å². The van der Waals surface area contributed by atoms with E-state index in [2.05, 4.69) is 118 Å². The molecule has 0 aliphatic rings. The van der Waals surface area contributed by atoms with Crippen LogP contribution >= 0.6 is 0 Å². The number of unbranched alkanes of at least 4 members (excludes halogenated alkanes) is 29. The van der Waals surface area contributed by atoms with Crippen LogP contribution in [0.5, 0.6) is 0 Å². The molecule has 0 N–H and O–H groups in total. The smallest absolute Gasteiger partial charge is 0.306 e. The number of hydrogen-bond acceptors (Lipinski definition) is 6. The van der Waals surface area contributed by atoms with Gasteiger partial charge in [0.15, 0.2) is 6.10 Å². The van der Waals surface area contributed by atoms with Crippen molar-refractivity contribution in [3.05, 3.63) is 97.2 Å². The number of hydrogen-bond donors (Lipinski definition) is 0. The van der Waals surface area contributed by atoms with Gasteiger partial charge < -0.3 is 14.2 Å². The van der Waals surface area contributed by atoms with Gasteiger partial charge in [-0.15, -0.1) is 0 Å². The molecule has 0 spiro atoms. The fraction of sp³-hybridized carbons (Fsp3) is 0.721. The predicted octanol–water partition coefficient (Wildman–Crippen LogP) is 21.3. The van der Waals surface area contributed by atoms with Gasteiger partial charge in [-0.2, -0.15) is 0 Å². The molecular formula is C68H116O6. The third-order valence-corrected chi connectivity index (χ3v) is 13.3. The van der Waals surface area contributed by atoms with Gasteiger partial charge in [-0.3, -0.25) is 14.4 Å². The lowest BCUT2D eigenvalue weighted by Crippen LogP contribution is -2.30. The Morgan fingerprint density at radius 1 is 0.284 bits per heavy atom. The topological polar surface area (TPSA) is 78.9 Å². The molecule has 1 unspecified atom stereocenters. The monoisotopic (exact) mass is 1030 g/mol. The van der Waals surface area contributed by atoms with Crippen LogP contribution in [0.4, 0.5) is 0 Å². The lowest BCUT2D eigenvalue weighted by atomic mass is 10.0. The third kappa shape index (κ3) is 59.2. The van der Waals surface area contributed by atoms with Crippen molar-refractivity contribution in [3.63, 3.8) is 0 Å². The Balaban J connectivity index is 4.15. The lowest BCUT2D eigenvalue weighted by molar-refractivity contribution is -0.167. The van der Waals surface area contributed by atoms with Gasteiger partial charge in [0.1, 0.15) is 13.2 Å². The molecule has 0 radical (unpaired) electrons. The van der Waals surface area contributed by atoms with Gasteiger partial charge in [-0.1, -0.05) is 259 Å². The van der Waals surface area contributed by atoms with Crippen molar-refractivity contribution in [1.82, 2.24) is 0 Å². The Kier molecular flexibility index (Phi) is 58.8. The largest absolute Gasteiger partial charge is 0.462 e. The molecule has 0 heterocycles. The first kappa shape index (κ1) is 70.3. The Morgan fingerprint density at radius 2 is 0.554 bits per heavy atom. The van der Waals surface area contributed by atoms with E-state index >= 15 is 0 Å². The average molecular weight is 1030 g/mol. The second-order valence-corrected chi connectivity index (χ2v) is 20.6. The summed E-state index contributed by atoms with van der Waals surface area (Å²) < 4.78 is 16.8. The molecule has 0 bridgehead atoms. The van der Waals surface area contributed by atoms with Gasteiger partial charge in [-0.05, 0) is 116 Å². The molecule has 0 saturated heterocycles. The molecule has 0 aromatic heterocycles. The van der Waals surface area contributed by atoms with Crippen LogP contribution in [0.15, 0.2) is 97.2 Å². The first-order valence-corrected chi connectivity index (χ1v) is 31.2. The van der Waals surface area contributed by atoms with E-state index in [0.717, 1.165) is 128 Å². The molecule has 0 saturated carbocycles. The zero-order chi connectivity index (χ0) is 53.6. The van der Waals surface area contributed by atoms with Gasteiger partial charge in [-0.25, -0.2) is 0 Å². The summed E-state index contributed by atoms with van der Waals surface area (Å²) in [6.45, 7) is 6.43. The van der Waals surface area contributed by atoms with Crippen LogP contribution in [-0.2, 0) is 28.6 Å². The van der Waals surface area contributed by atoms with Crippen molar-refractivity contribution in [2.45, 2.75) is 303 Å². The maximum Gasteiger partial charge on any atom is 0.306 e. The molecule has 6 heteroatoms. The van der Waals surface area contributed by atoms with E-state index in [4.69, 9.17) is 14.2 Å². The minimum absolute atomic E-state index is 0.0842. The van der Waals surface area contributed by atoms with Crippen molar-refractivity contribution >= 4 is 17.9 Å². The normalized spacial score (nSPS) is 12.7. The van der Waals surface area contributed by atoms with E-state index in [9.17, 15) is 14.4 Å². The molecule has 0 rings (SSSR count). The van der Waals surface area contributed by atoms with Crippen molar-refractivity contribution in [2.75, 3.05) is 13.2 Å². The Morgan fingerprint density at radius 3 is 0.892 bits per heavy atom. The molecular weight excluding hydrogens is 913 g/mol. The molecule has 0 aromatic rings. The minimum Gasteiger partial charge on any atom is -0.462 e. The summed E-state index contributed by atoms with van der Waals surface area (Å²) in [5.41, 5.74) is 0. The summed E-state index contributed by atoms with van der Waals surface area (Å²) >= 11 is 0. The molecule has 1 atom stereocenters. The number of carbonyl (C=O) groups is 3. The summed E-state index contributed by atoms with van der Waals surface area (Å²) in [6, 6.07) is 0. The molecule has 6 nitrogen and oxygen atoms in total. The van der Waals surface area contributed by atoms with E-state index in [1.165, 1.54) is 128 Å². The molecule has 0 aromatic carbocycles. The number of rotatable bonds is 56. The summed E-state index contributed by atoms with van der Waals surface area (Å²) in [4.78, 5) is 38.1. The standard InChI is InChI=1S/C68H116O6/c1-4-7-10-13-16-19-22-24-26-27-28-29-30-31-32-33-34-35-36-37-38-39-40-41-43-44-46-49-52-55-58-61-67(70)73-64-65(63-72-66(69)60-57-54-51-48-21-18-15-12-9-6-3)74-68(71)62-59-56-53-50-47-45-42-25-23-20-17-14-11-8-5-2/h7,10,12,15-17,19-20,24-26,28-29,31-32,42,65H,4-6,8-9,11,13-14,18,21-23,27,30,33-41,43-64H2,1-3H3/b10-7-,15-12-,19-16-,20-17-,26-24-,29-28-,32-31-,42-25-. The van der Waals surface area contributed by atoms with Gasteiger partial charge in [0.05, 0.1) is 0 Å². The Bertz CT molecular complexity index is 1460. The number of allylic oxidation sites excluding steroid dienone is 16. The Labute approximate surface area is 457 Å². The van der Waals surface area contributed by atoms with Crippen LogP contribution in [0.3, 0.4) is 0 Å². The zero-order valence-corrected chi connectivity index (χ0v) is 48.6. The number of carbonyl (C=O) groups excluding carboxylic acids is 3. The van der Waals surface area contributed by atoms with Crippen LogP contribution in [-0.4, -0.2) is 37.2 Å². The van der Waals surface area contributed by atoms with Crippen LogP contribution in [0, 0.1) is 0 Å². The van der Waals surface area contributed by atoms with Gasteiger partial charge >= 0.3 is 17.9 Å². The number of esters is 3. The molecule has 0 aliphatic carbocycles. The maximum absolute atomic E-state index is 12.8. The predicted molar refractivity (Wildman–Crippen MR) is 320 cm³/mol. The van der Waals surface area contributed by atoms with Crippen molar-refractivity contribution in [1.29, 1.82) is 0 Å². The van der Waals surface area contributed by atoms with Gasteiger partial charge in [0.25, 0.3) is 0 Å². The van der Waals surface area contributed by atoms with Crippen molar-refractivity contribution in [3.8, 4) is 0 Å². The second-order valence-electron chi connectivity index (χ2n) is 20.6. The fourth-order valence-corrected chi connectivity index (χ4v) is 8.62. The summed E-state index contributed by atoms with van der Waals surface area (Å²) in [5, 5.41) is 0. The van der Waals surface area contributed by atoms with Crippen LogP contribution in [0.1, 0.15) is 297 Å². The molecule has 0 aliphatic heterocycles. The van der Waals surface area contributed by atoms with E-state index in [-0.39, 0.29) is 31.1 Å². The van der Waals surface area contributed by atoms with Crippen LogP contribution < -0.4 is 0 Å². The highest BCUT2D eigenvalue weighted by molar-refractivity contribution is 5.71. The van der Waals surface area contributed by atoms with E-state index in [0.29, 0.717) is 19.3 Å². The molecule has 74 heavy (non-hydrogen) atoms. The molecule has 424 valence electrons. The number of ether oxygens (including phenoxy) is 3. The lowest BCUT2D eigenvalue weighted by Gasteiger charge is -2.18. The van der Waals surface area contributed by atoms with E-state index in [1.54, 1.807) is 0 Å². The van der Waals surface area contributed by atoms with E-state index < -0.39 is 6.10 Å². The van der Waals surface area contributed by atoms with Gasteiger partial charge in [0, 0.05) is 19.3 Å². The first-order chi connectivity index (χ1) is 36.5. The van der Waals surface area contributed by atoms with Crippen LogP contribution in [0.25, 0.3) is 0 Å². The van der Waals surface area contributed by atoms with Crippen molar-refractivity contribution < 1.29 is 28.6 Å². The molecule has 0 fully saturated rings. The summed E-state index contributed by atoms with van der Waals surface area (Å²) in [7, 11) is 0.